The van der Waals surface area contributed by atoms with Gasteiger partial charge in [0.15, 0.2) is 0 Å². The van der Waals surface area contributed by atoms with Crippen molar-refractivity contribution in [2.24, 2.45) is 0 Å². The molecule has 0 spiro atoms. The molecule has 0 amide bonds. The quantitative estimate of drug-likeness (QED) is 0.552. The second kappa shape index (κ2) is 7.01. The molecule has 7 heteroatoms. The summed E-state index contributed by atoms with van der Waals surface area (Å²) in [6.45, 7) is 1.66. The van der Waals surface area contributed by atoms with E-state index in [1.807, 2.05) is 24.3 Å². The molecule has 0 aliphatic rings. The Labute approximate surface area is 162 Å². The van der Waals surface area contributed by atoms with Gasteiger partial charge in [-0.25, -0.2) is 17.8 Å². The number of rotatable bonds is 4. The molecule has 0 radical (unpaired) electrons. The molecule has 0 atom stereocenters. The molecule has 2 aromatic carbocycles. The van der Waals surface area contributed by atoms with Crippen LogP contribution in [0.2, 0.25) is 0 Å². The number of aromatic nitrogens is 2. The number of fused-ring (bicyclic) bond motifs is 1. The van der Waals surface area contributed by atoms with Crippen molar-refractivity contribution in [3.8, 4) is 11.3 Å². The van der Waals surface area contributed by atoms with Gasteiger partial charge in [0.05, 0.1) is 11.2 Å². The average molecular weight is 393 g/mol. The molecule has 5 nitrogen and oxygen atoms in total. The van der Waals surface area contributed by atoms with Crippen LogP contribution in [-0.4, -0.2) is 18.4 Å². The first-order valence-corrected chi connectivity index (χ1v) is 10.0. The Kier molecular flexibility index (Phi) is 4.52. The first kappa shape index (κ1) is 18.1. The summed E-state index contributed by atoms with van der Waals surface area (Å²) in [6, 6.07) is 18.6. The lowest BCUT2D eigenvalue weighted by atomic mass is 10.1. The lowest BCUT2D eigenvalue weighted by molar-refractivity contribution is 0.600. The molecule has 0 aliphatic heterocycles. The van der Waals surface area contributed by atoms with Crippen molar-refractivity contribution in [1.29, 1.82) is 0 Å². The number of nitrogens with one attached hydrogen (secondary N) is 1. The SMILES string of the molecule is Cc1cc(-c2ccc(S(=O)(=O)Nc3ccc4ccccc4n3)cn2)ccc1F. The van der Waals surface area contributed by atoms with Crippen LogP contribution >= 0.6 is 0 Å². The lowest BCUT2D eigenvalue weighted by Gasteiger charge is -2.09. The summed E-state index contributed by atoms with van der Waals surface area (Å²) in [5.41, 5.74) is 2.47. The predicted molar refractivity (Wildman–Crippen MR) is 107 cm³/mol. The van der Waals surface area contributed by atoms with Crippen molar-refractivity contribution in [3.63, 3.8) is 0 Å². The van der Waals surface area contributed by atoms with Crippen LogP contribution in [-0.2, 0) is 10.0 Å². The number of aryl methyl sites for hydroxylation is 1. The van der Waals surface area contributed by atoms with Gasteiger partial charge in [-0.3, -0.25) is 9.71 Å². The highest BCUT2D eigenvalue weighted by Crippen LogP contribution is 2.22. The van der Waals surface area contributed by atoms with Crippen LogP contribution in [0.4, 0.5) is 10.2 Å². The zero-order chi connectivity index (χ0) is 19.7. The van der Waals surface area contributed by atoms with Gasteiger partial charge in [-0.05, 0) is 61.0 Å². The summed E-state index contributed by atoms with van der Waals surface area (Å²) in [4.78, 5) is 8.56. The molecule has 0 bridgehead atoms. The van der Waals surface area contributed by atoms with Gasteiger partial charge in [0.1, 0.15) is 16.5 Å². The number of hydrogen-bond acceptors (Lipinski definition) is 4. The number of benzene rings is 2. The summed E-state index contributed by atoms with van der Waals surface area (Å²) in [6.07, 6.45) is 1.28. The van der Waals surface area contributed by atoms with Crippen molar-refractivity contribution in [2.45, 2.75) is 11.8 Å². The van der Waals surface area contributed by atoms with Gasteiger partial charge >= 0.3 is 0 Å². The molecule has 140 valence electrons. The largest absolute Gasteiger partial charge is 0.264 e. The van der Waals surface area contributed by atoms with Crippen molar-refractivity contribution in [2.75, 3.05) is 4.72 Å². The van der Waals surface area contributed by atoms with Crippen molar-refractivity contribution >= 4 is 26.7 Å². The summed E-state index contributed by atoms with van der Waals surface area (Å²) >= 11 is 0. The molecule has 2 aromatic heterocycles. The van der Waals surface area contributed by atoms with Gasteiger partial charge in [-0.15, -0.1) is 0 Å². The van der Waals surface area contributed by atoms with Crippen LogP contribution < -0.4 is 4.72 Å². The Hall–Kier alpha value is -3.32. The van der Waals surface area contributed by atoms with Crippen LogP contribution in [0.3, 0.4) is 0 Å². The Morgan fingerprint density at radius 3 is 2.54 bits per heavy atom. The minimum atomic E-state index is -3.83. The maximum atomic E-state index is 13.4. The van der Waals surface area contributed by atoms with Crippen LogP contribution in [0.25, 0.3) is 22.2 Å². The van der Waals surface area contributed by atoms with Gasteiger partial charge in [-0.2, -0.15) is 0 Å². The molecule has 1 N–H and O–H groups in total. The Bertz CT molecular complexity index is 1270. The van der Waals surface area contributed by atoms with E-state index in [-0.39, 0.29) is 16.5 Å². The molecule has 0 unspecified atom stereocenters. The molecule has 0 fully saturated rings. The van der Waals surface area contributed by atoms with Gasteiger partial charge in [0, 0.05) is 17.1 Å². The molecule has 0 saturated carbocycles. The second-order valence-electron chi connectivity index (χ2n) is 6.34. The minimum Gasteiger partial charge on any atom is -0.263 e. The number of sulfonamides is 1. The fourth-order valence-electron chi connectivity index (χ4n) is 2.83. The fraction of sp³-hybridized carbons (Fsp3) is 0.0476. The van der Waals surface area contributed by atoms with Crippen molar-refractivity contribution in [1.82, 2.24) is 9.97 Å². The standard InChI is InChI=1S/C21H16FN3O2S/c1-14-12-16(6-9-18(14)22)19-10-8-17(13-23-19)28(26,27)25-21-11-7-15-4-2-3-5-20(15)24-21/h2-13H,1H3,(H,24,25). The van der Waals surface area contributed by atoms with E-state index in [1.54, 1.807) is 37.3 Å². The summed E-state index contributed by atoms with van der Waals surface area (Å²) in [7, 11) is -3.83. The fourth-order valence-corrected chi connectivity index (χ4v) is 3.78. The Morgan fingerprint density at radius 2 is 1.79 bits per heavy atom. The maximum absolute atomic E-state index is 13.4. The van der Waals surface area contributed by atoms with Crippen LogP contribution in [0.15, 0.2) is 77.8 Å². The molecule has 0 saturated heterocycles. The van der Waals surface area contributed by atoms with Crippen LogP contribution in [0, 0.1) is 12.7 Å². The van der Waals surface area contributed by atoms with E-state index in [0.29, 0.717) is 22.3 Å². The van der Waals surface area contributed by atoms with Gasteiger partial charge < -0.3 is 0 Å². The number of pyridine rings is 2. The first-order chi connectivity index (χ1) is 13.4. The Balaban J connectivity index is 1.60. The molecular weight excluding hydrogens is 377 g/mol. The third-order valence-corrected chi connectivity index (χ3v) is 5.68. The number of para-hydroxylation sites is 1. The van der Waals surface area contributed by atoms with Gasteiger partial charge in [-0.1, -0.05) is 18.2 Å². The lowest BCUT2D eigenvalue weighted by Crippen LogP contribution is -2.14. The maximum Gasteiger partial charge on any atom is 0.264 e. The smallest absolute Gasteiger partial charge is 0.263 e. The van der Waals surface area contributed by atoms with E-state index in [9.17, 15) is 12.8 Å². The molecule has 4 aromatic rings. The van der Waals surface area contributed by atoms with Crippen molar-refractivity contribution in [3.05, 3.63) is 84.3 Å². The molecular formula is C21H16FN3O2S. The number of nitrogens with zero attached hydrogens (tertiary/aromatic N) is 2. The van der Waals surface area contributed by atoms with E-state index in [2.05, 4.69) is 14.7 Å². The van der Waals surface area contributed by atoms with Gasteiger partial charge in [0.2, 0.25) is 0 Å². The third-order valence-electron chi connectivity index (χ3n) is 4.34. The third kappa shape index (κ3) is 3.57. The second-order valence-corrected chi connectivity index (χ2v) is 8.02. The summed E-state index contributed by atoms with van der Waals surface area (Å²) in [5.74, 6) is -0.0630. The average Bonchev–Trinajstić information content (AvgIpc) is 2.70. The zero-order valence-electron chi connectivity index (χ0n) is 14.9. The highest BCUT2D eigenvalue weighted by atomic mass is 32.2. The zero-order valence-corrected chi connectivity index (χ0v) is 15.7. The van der Waals surface area contributed by atoms with E-state index in [0.717, 1.165) is 5.39 Å². The molecule has 4 rings (SSSR count). The van der Waals surface area contributed by atoms with E-state index in [4.69, 9.17) is 0 Å². The summed E-state index contributed by atoms with van der Waals surface area (Å²) < 4.78 is 41.2. The van der Waals surface area contributed by atoms with E-state index in [1.165, 1.54) is 18.3 Å². The Morgan fingerprint density at radius 1 is 0.964 bits per heavy atom. The van der Waals surface area contributed by atoms with Gasteiger partial charge in [0.25, 0.3) is 10.0 Å². The molecule has 2 heterocycles. The monoisotopic (exact) mass is 393 g/mol. The highest BCUT2D eigenvalue weighted by molar-refractivity contribution is 7.92. The van der Waals surface area contributed by atoms with Crippen molar-refractivity contribution < 1.29 is 12.8 Å². The topological polar surface area (TPSA) is 72.0 Å². The normalized spacial score (nSPS) is 11.5. The predicted octanol–water partition coefficient (Wildman–Crippen LogP) is 4.55. The molecule has 28 heavy (non-hydrogen) atoms. The number of halogens is 1. The molecule has 0 aliphatic carbocycles. The van der Waals surface area contributed by atoms with E-state index < -0.39 is 10.0 Å². The number of hydrogen-bond donors (Lipinski definition) is 1. The first-order valence-electron chi connectivity index (χ1n) is 8.54. The van der Waals surface area contributed by atoms with E-state index >= 15 is 0 Å². The van der Waals surface area contributed by atoms with Crippen LogP contribution in [0.1, 0.15) is 5.56 Å². The highest BCUT2D eigenvalue weighted by Gasteiger charge is 2.16. The summed E-state index contributed by atoms with van der Waals surface area (Å²) in [5, 5.41) is 0.922. The van der Waals surface area contributed by atoms with Crippen LogP contribution in [0.5, 0.6) is 0 Å². The number of anilines is 1. The minimum absolute atomic E-state index is 0.0186.